The molecule has 0 saturated heterocycles. The van der Waals surface area contributed by atoms with Crippen molar-refractivity contribution >= 4 is 34.6 Å². The van der Waals surface area contributed by atoms with Gasteiger partial charge in [0.25, 0.3) is 0 Å². The molecule has 6 nitrogen and oxygen atoms in total. The van der Waals surface area contributed by atoms with Gasteiger partial charge in [-0.1, -0.05) is 0 Å². The number of hydrogen-bond acceptors (Lipinski definition) is 6. The Morgan fingerprint density at radius 3 is 2.72 bits per heavy atom. The number of guanidine groups is 1. The number of aromatic nitrogens is 1. The van der Waals surface area contributed by atoms with Gasteiger partial charge < -0.3 is 15.4 Å². The Balaban J connectivity index is 1.98. The van der Waals surface area contributed by atoms with Gasteiger partial charge in [-0.15, -0.1) is 22.7 Å². The van der Waals surface area contributed by atoms with Crippen LogP contribution in [0.25, 0.3) is 0 Å². The van der Waals surface area contributed by atoms with Crippen LogP contribution in [0.5, 0.6) is 0 Å². The van der Waals surface area contributed by atoms with Crippen molar-refractivity contribution in [1.82, 2.24) is 15.6 Å². The summed E-state index contributed by atoms with van der Waals surface area (Å²) in [6.45, 7) is 8.79. The third kappa shape index (κ3) is 5.27. The highest BCUT2D eigenvalue weighted by Crippen LogP contribution is 2.24. The second-order valence-electron chi connectivity index (χ2n) is 5.49. The van der Waals surface area contributed by atoms with Crippen LogP contribution < -0.4 is 10.6 Å². The Labute approximate surface area is 156 Å². The lowest BCUT2D eigenvalue weighted by Gasteiger charge is -2.15. The number of thiazole rings is 1. The summed E-state index contributed by atoms with van der Waals surface area (Å²) < 4.78 is 5.07. The van der Waals surface area contributed by atoms with E-state index >= 15 is 0 Å². The van der Waals surface area contributed by atoms with Crippen LogP contribution in [-0.4, -0.2) is 30.6 Å². The largest absolute Gasteiger partial charge is 0.462 e. The molecule has 2 heterocycles. The molecule has 0 aliphatic carbocycles. The summed E-state index contributed by atoms with van der Waals surface area (Å²) in [5.74, 6) is 0.385. The predicted octanol–water partition coefficient (Wildman–Crippen LogP) is 3.42. The highest BCUT2D eigenvalue weighted by Gasteiger charge is 2.20. The van der Waals surface area contributed by atoms with Gasteiger partial charge in [0.2, 0.25) is 0 Å². The minimum absolute atomic E-state index is 0.0665. The fourth-order valence-corrected chi connectivity index (χ4v) is 3.99. The molecule has 0 amide bonds. The lowest BCUT2D eigenvalue weighted by Crippen LogP contribution is -2.38. The standard InChI is InChI=1S/C17H24N4O2S2/c1-6-23-16(22)14-11(3)20-15(25-14)12(4)21-17(18-5)19-9-13-8-7-10(2)24-13/h7-8,12H,6,9H2,1-5H3,(H2,18,19,21). The van der Waals surface area contributed by atoms with Crippen LogP contribution in [0.2, 0.25) is 0 Å². The number of hydrogen-bond donors (Lipinski definition) is 2. The molecule has 0 aliphatic heterocycles. The monoisotopic (exact) mass is 380 g/mol. The number of thiophene rings is 1. The molecule has 2 aromatic rings. The van der Waals surface area contributed by atoms with Crippen molar-refractivity contribution in [3.8, 4) is 0 Å². The van der Waals surface area contributed by atoms with Crippen LogP contribution in [0.1, 0.15) is 50.0 Å². The molecule has 0 aromatic carbocycles. The second kappa shape index (κ2) is 8.96. The predicted molar refractivity (Wildman–Crippen MR) is 104 cm³/mol. The molecule has 0 radical (unpaired) electrons. The van der Waals surface area contributed by atoms with E-state index in [0.717, 1.165) is 11.6 Å². The molecular weight excluding hydrogens is 356 g/mol. The van der Waals surface area contributed by atoms with Gasteiger partial charge in [-0.05, 0) is 39.8 Å². The van der Waals surface area contributed by atoms with Crippen LogP contribution in [0.3, 0.4) is 0 Å². The first-order valence-electron chi connectivity index (χ1n) is 8.11. The Morgan fingerprint density at radius 2 is 2.12 bits per heavy atom. The molecule has 0 bridgehead atoms. The summed E-state index contributed by atoms with van der Waals surface area (Å²) in [5.41, 5.74) is 0.698. The van der Waals surface area contributed by atoms with Gasteiger partial charge in [-0.25, -0.2) is 9.78 Å². The quantitative estimate of drug-likeness (QED) is 0.456. The fourth-order valence-electron chi connectivity index (χ4n) is 2.20. The third-order valence-corrected chi connectivity index (χ3v) is 5.77. The van der Waals surface area contributed by atoms with Gasteiger partial charge in [-0.2, -0.15) is 0 Å². The molecule has 0 saturated carbocycles. The van der Waals surface area contributed by atoms with E-state index < -0.39 is 0 Å². The number of nitrogens with one attached hydrogen (secondary N) is 2. The Kier molecular flexibility index (Phi) is 6.95. The van der Waals surface area contributed by atoms with E-state index in [0.29, 0.717) is 23.1 Å². The fraction of sp³-hybridized carbons (Fsp3) is 0.471. The summed E-state index contributed by atoms with van der Waals surface area (Å²) in [5, 5.41) is 7.44. The molecule has 2 rings (SSSR count). The Hall–Kier alpha value is -1.93. The van der Waals surface area contributed by atoms with Gasteiger partial charge in [0.05, 0.1) is 24.9 Å². The van der Waals surface area contributed by atoms with Crippen molar-refractivity contribution in [2.24, 2.45) is 4.99 Å². The number of carbonyl (C=O) groups is 1. The average molecular weight is 381 g/mol. The zero-order valence-electron chi connectivity index (χ0n) is 15.2. The third-order valence-electron chi connectivity index (χ3n) is 3.45. The Bertz CT molecular complexity index is 752. The van der Waals surface area contributed by atoms with E-state index in [1.54, 1.807) is 25.3 Å². The van der Waals surface area contributed by atoms with Crippen molar-refractivity contribution in [2.45, 2.75) is 40.3 Å². The normalized spacial score (nSPS) is 12.8. The number of nitrogens with zero attached hydrogens (tertiary/aromatic N) is 2. The van der Waals surface area contributed by atoms with E-state index in [-0.39, 0.29) is 12.0 Å². The molecule has 0 spiro atoms. The molecule has 0 aliphatic rings. The highest BCUT2D eigenvalue weighted by atomic mass is 32.1. The summed E-state index contributed by atoms with van der Waals surface area (Å²) in [7, 11) is 1.73. The van der Waals surface area contributed by atoms with Crippen LogP contribution in [0.15, 0.2) is 17.1 Å². The van der Waals surface area contributed by atoms with E-state index in [1.807, 2.05) is 13.8 Å². The second-order valence-corrected chi connectivity index (χ2v) is 7.89. The first-order valence-corrected chi connectivity index (χ1v) is 9.74. The minimum atomic E-state index is -0.313. The zero-order chi connectivity index (χ0) is 18.4. The Morgan fingerprint density at radius 1 is 1.36 bits per heavy atom. The molecular formula is C17H24N4O2S2. The number of rotatable bonds is 6. The average Bonchev–Trinajstić information content (AvgIpc) is 3.17. The molecule has 2 N–H and O–H groups in total. The van der Waals surface area contributed by atoms with Crippen LogP contribution in [0.4, 0.5) is 0 Å². The molecule has 0 fully saturated rings. The first kappa shape index (κ1) is 19.4. The summed E-state index contributed by atoms with van der Waals surface area (Å²) in [6.07, 6.45) is 0. The van der Waals surface area contributed by atoms with Gasteiger partial charge in [0.15, 0.2) is 5.96 Å². The zero-order valence-corrected chi connectivity index (χ0v) is 16.8. The van der Waals surface area contributed by atoms with E-state index in [4.69, 9.17) is 4.74 Å². The van der Waals surface area contributed by atoms with Crippen LogP contribution >= 0.6 is 22.7 Å². The molecule has 1 unspecified atom stereocenters. The molecule has 1 atom stereocenters. The van der Waals surface area contributed by atoms with Gasteiger partial charge in [-0.3, -0.25) is 4.99 Å². The van der Waals surface area contributed by atoms with E-state index in [9.17, 15) is 4.79 Å². The lowest BCUT2D eigenvalue weighted by molar-refractivity contribution is 0.0531. The van der Waals surface area contributed by atoms with Crippen LogP contribution in [0, 0.1) is 13.8 Å². The van der Waals surface area contributed by atoms with Crippen molar-refractivity contribution in [3.05, 3.63) is 37.5 Å². The topological polar surface area (TPSA) is 75.6 Å². The maximum Gasteiger partial charge on any atom is 0.350 e. The maximum atomic E-state index is 11.9. The van der Waals surface area contributed by atoms with Crippen LogP contribution in [-0.2, 0) is 11.3 Å². The van der Waals surface area contributed by atoms with Gasteiger partial charge >= 0.3 is 5.97 Å². The minimum Gasteiger partial charge on any atom is -0.462 e. The summed E-state index contributed by atoms with van der Waals surface area (Å²) in [4.78, 5) is 23.8. The van der Waals surface area contributed by atoms with Gasteiger partial charge in [0, 0.05) is 16.8 Å². The number of aliphatic imine (C=N–C) groups is 1. The van der Waals surface area contributed by atoms with Crippen molar-refractivity contribution in [2.75, 3.05) is 13.7 Å². The number of carbonyl (C=O) groups excluding carboxylic acids is 1. The molecule has 2 aromatic heterocycles. The van der Waals surface area contributed by atoms with Gasteiger partial charge in [0.1, 0.15) is 9.88 Å². The number of aryl methyl sites for hydroxylation is 2. The lowest BCUT2D eigenvalue weighted by atomic mass is 10.3. The van der Waals surface area contributed by atoms with Crippen molar-refractivity contribution < 1.29 is 9.53 Å². The number of esters is 1. The molecule has 8 heteroatoms. The number of ether oxygens (including phenoxy) is 1. The summed E-state index contributed by atoms with van der Waals surface area (Å²) >= 11 is 3.12. The van der Waals surface area contributed by atoms with Crippen molar-refractivity contribution in [3.63, 3.8) is 0 Å². The molecule has 136 valence electrons. The SMILES string of the molecule is CCOC(=O)c1sc(C(C)NC(=NC)NCc2ccc(C)s2)nc1C. The summed E-state index contributed by atoms with van der Waals surface area (Å²) in [6, 6.07) is 4.15. The first-order chi connectivity index (χ1) is 11.9. The molecule has 25 heavy (non-hydrogen) atoms. The maximum absolute atomic E-state index is 11.9. The van der Waals surface area contributed by atoms with Crippen molar-refractivity contribution in [1.29, 1.82) is 0 Å². The van der Waals surface area contributed by atoms with E-state index in [1.165, 1.54) is 21.1 Å². The smallest absolute Gasteiger partial charge is 0.350 e. The van der Waals surface area contributed by atoms with E-state index in [2.05, 4.69) is 39.7 Å². The highest BCUT2D eigenvalue weighted by molar-refractivity contribution is 7.13.